The Bertz CT molecular complexity index is 720. The second kappa shape index (κ2) is 6.42. The summed E-state index contributed by atoms with van der Waals surface area (Å²) in [4.78, 5) is 2.67. The largest absolute Gasteiger partial charge is 0.392 e. The molecule has 0 aromatic rings. The van der Waals surface area contributed by atoms with Gasteiger partial charge in [0, 0.05) is 68.9 Å². The fourth-order valence-electron chi connectivity index (χ4n) is 10.7. The summed E-state index contributed by atoms with van der Waals surface area (Å²) in [5, 5.41) is 23.8. The molecule has 6 fully saturated rings. The molecule has 5 saturated carbocycles. The number of piperidine rings is 1. The summed E-state index contributed by atoms with van der Waals surface area (Å²) in [6.45, 7) is 5.11. The number of aliphatic hydroxyl groups is 2. The van der Waals surface area contributed by atoms with Crippen LogP contribution in [0.2, 0.25) is 0 Å². The summed E-state index contributed by atoms with van der Waals surface area (Å²) in [7, 11) is 5.48. The molecule has 6 heteroatoms. The molecule has 4 unspecified atom stereocenters. The Morgan fingerprint density at radius 1 is 1.10 bits per heavy atom. The summed E-state index contributed by atoms with van der Waals surface area (Å²) in [5.74, 6) is 1.03. The highest BCUT2D eigenvalue weighted by Gasteiger charge is 2.83. The molecular formula is C24H39NO5. The first-order chi connectivity index (χ1) is 14.4. The Hall–Kier alpha value is -0.240. The van der Waals surface area contributed by atoms with E-state index in [-0.39, 0.29) is 46.7 Å². The third-order valence-corrected chi connectivity index (χ3v) is 11.2. The number of hydrogen-bond donors (Lipinski definition) is 2. The van der Waals surface area contributed by atoms with E-state index in [1.165, 1.54) is 0 Å². The Labute approximate surface area is 180 Å². The van der Waals surface area contributed by atoms with Crippen molar-refractivity contribution in [2.24, 2.45) is 40.4 Å². The zero-order chi connectivity index (χ0) is 21.1. The highest BCUT2D eigenvalue weighted by atomic mass is 16.5. The average molecular weight is 422 g/mol. The number of ether oxygens (including phenoxy) is 3. The Balaban J connectivity index is 1.58. The maximum atomic E-state index is 12.4. The van der Waals surface area contributed by atoms with E-state index >= 15 is 0 Å². The van der Waals surface area contributed by atoms with Gasteiger partial charge < -0.3 is 24.4 Å². The fourth-order valence-corrected chi connectivity index (χ4v) is 10.7. The molecule has 1 aliphatic heterocycles. The number of nitrogens with zero attached hydrogens (tertiary/aromatic N) is 1. The molecule has 30 heavy (non-hydrogen) atoms. The second-order valence-electron chi connectivity index (χ2n) is 11.5. The molecule has 6 aliphatic rings. The maximum absolute atomic E-state index is 12.4. The molecule has 2 N–H and O–H groups in total. The van der Waals surface area contributed by atoms with E-state index in [0.717, 1.165) is 45.4 Å². The quantitative estimate of drug-likeness (QED) is 0.702. The minimum absolute atomic E-state index is 0.000283. The predicted molar refractivity (Wildman–Crippen MR) is 111 cm³/mol. The summed E-state index contributed by atoms with van der Waals surface area (Å²) in [6.07, 6.45) is 4.52. The van der Waals surface area contributed by atoms with Gasteiger partial charge in [-0.15, -0.1) is 0 Å². The smallest absolute Gasteiger partial charge is 0.0771 e. The van der Waals surface area contributed by atoms with Crippen molar-refractivity contribution >= 4 is 0 Å². The number of fused-ring (bicyclic) bond motifs is 2. The molecule has 6 rings (SSSR count). The highest BCUT2D eigenvalue weighted by molar-refractivity contribution is 5.33. The van der Waals surface area contributed by atoms with Crippen LogP contribution in [0.5, 0.6) is 0 Å². The Morgan fingerprint density at radius 2 is 1.90 bits per heavy atom. The van der Waals surface area contributed by atoms with Gasteiger partial charge in [-0.1, -0.05) is 6.92 Å². The molecule has 1 spiro atoms. The molecule has 170 valence electrons. The first-order valence-electron chi connectivity index (χ1n) is 12.1. The van der Waals surface area contributed by atoms with Crippen LogP contribution in [0.25, 0.3) is 0 Å². The zero-order valence-electron chi connectivity index (χ0n) is 18.9. The molecular weight excluding hydrogens is 382 g/mol. The van der Waals surface area contributed by atoms with Gasteiger partial charge in [-0.2, -0.15) is 0 Å². The summed E-state index contributed by atoms with van der Waals surface area (Å²) < 4.78 is 18.0. The zero-order valence-corrected chi connectivity index (χ0v) is 18.9. The topological polar surface area (TPSA) is 71.4 Å². The molecule has 6 nitrogen and oxygen atoms in total. The van der Waals surface area contributed by atoms with Gasteiger partial charge in [0.1, 0.15) is 0 Å². The van der Waals surface area contributed by atoms with E-state index in [1.54, 1.807) is 7.11 Å². The van der Waals surface area contributed by atoms with Gasteiger partial charge in [0.05, 0.1) is 30.5 Å². The van der Waals surface area contributed by atoms with Crippen LogP contribution >= 0.6 is 0 Å². The monoisotopic (exact) mass is 421 g/mol. The molecule has 0 aromatic heterocycles. The second-order valence-corrected chi connectivity index (χ2v) is 11.5. The van der Waals surface area contributed by atoms with Gasteiger partial charge in [-0.3, -0.25) is 4.90 Å². The van der Waals surface area contributed by atoms with Crippen LogP contribution in [-0.2, 0) is 14.2 Å². The molecule has 1 saturated heterocycles. The lowest BCUT2D eigenvalue weighted by Gasteiger charge is -2.69. The van der Waals surface area contributed by atoms with E-state index in [2.05, 4.69) is 11.8 Å². The van der Waals surface area contributed by atoms with Crippen molar-refractivity contribution in [3.8, 4) is 0 Å². The summed E-state index contributed by atoms with van der Waals surface area (Å²) in [5.41, 5.74) is -0.719. The van der Waals surface area contributed by atoms with Gasteiger partial charge in [0.15, 0.2) is 0 Å². The van der Waals surface area contributed by atoms with Crippen molar-refractivity contribution in [3.05, 3.63) is 0 Å². The molecule has 5 aliphatic carbocycles. The fraction of sp³-hybridized carbons (Fsp3) is 1.00. The van der Waals surface area contributed by atoms with E-state index in [9.17, 15) is 10.2 Å². The van der Waals surface area contributed by atoms with Crippen LogP contribution in [0.3, 0.4) is 0 Å². The van der Waals surface area contributed by atoms with Crippen LogP contribution in [0.15, 0.2) is 0 Å². The van der Waals surface area contributed by atoms with Crippen LogP contribution in [0.1, 0.15) is 39.0 Å². The maximum Gasteiger partial charge on any atom is 0.0771 e. The minimum atomic E-state index is -0.847. The molecule has 7 bridgehead atoms. The lowest BCUT2D eigenvalue weighted by Crippen LogP contribution is -2.76. The predicted octanol–water partition coefficient (Wildman–Crippen LogP) is 1.53. The van der Waals surface area contributed by atoms with Crippen molar-refractivity contribution in [1.29, 1.82) is 0 Å². The van der Waals surface area contributed by atoms with E-state index in [0.29, 0.717) is 18.4 Å². The van der Waals surface area contributed by atoms with Gasteiger partial charge in [0.2, 0.25) is 0 Å². The third-order valence-electron chi connectivity index (χ3n) is 11.2. The summed E-state index contributed by atoms with van der Waals surface area (Å²) >= 11 is 0. The van der Waals surface area contributed by atoms with E-state index in [1.807, 2.05) is 14.2 Å². The summed E-state index contributed by atoms with van der Waals surface area (Å²) in [6, 6.07) is 0.329. The third kappa shape index (κ3) is 2.00. The average Bonchev–Trinajstić information content (AvgIpc) is 3.15. The van der Waals surface area contributed by atoms with Gasteiger partial charge in [0.25, 0.3) is 0 Å². The molecule has 0 radical (unpaired) electrons. The minimum Gasteiger partial charge on any atom is -0.392 e. The van der Waals surface area contributed by atoms with Crippen LogP contribution in [0, 0.1) is 40.4 Å². The normalized spacial score (nSPS) is 60.8. The van der Waals surface area contributed by atoms with E-state index in [4.69, 9.17) is 14.2 Å². The van der Waals surface area contributed by atoms with Gasteiger partial charge in [-0.05, 0) is 44.1 Å². The van der Waals surface area contributed by atoms with Crippen molar-refractivity contribution in [3.63, 3.8) is 0 Å². The molecule has 12 atom stereocenters. The lowest BCUT2D eigenvalue weighted by atomic mass is 9.43. The molecule has 1 heterocycles. The van der Waals surface area contributed by atoms with Crippen LogP contribution < -0.4 is 0 Å². The standard InChI is InChI=1S/C24H39NO5/c1-5-25-11-22(12-28-2)7-6-18(30-4)24-14-8-13-16(29-3)10-23(27,19(14)20(13)26)15(21(24)25)9-17(22)24/h13-21,26-27H,5-12H2,1-4H3/t13?,14-,15+,16+,17-,18?,19-,20?,21-,22+,23+,24?/m1/s1. The first kappa shape index (κ1) is 20.4. The van der Waals surface area contributed by atoms with Crippen molar-refractivity contribution in [2.45, 2.75) is 69.0 Å². The molecule has 0 aromatic carbocycles. The van der Waals surface area contributed by atoms with Crippen molar-refractivity contribution < 1.29 is 24.4 Å². The number of hydrogen-bond acceptors (Lipinski definition) is 6. The van der Waals surface area contributed by atoms with Gasteiger partial charge in [-0.25, -0.2) is 0 Å². The number of rotatable bonds is 5. The van der Waals surface area contributed by atoms with Crippen molar-refractivity contribution in [1.82, 2.24) is 4.90 Å². The lowest BCUT2D eigenvalue weighted by molar-refractivity contribution is -0.276. The van der Waals surface area contributed by atoms with E-state index < -0.39 is 11.7 Å². The van der Waals surface area contributed by atoms with Crippen LogP contribution in [-0.4, -0.2) is 86.1 Å². The highest BCUT2D eigenvalue weighted by Crippen LogP contribution is 2.79. The molecule has 0 amide bonds. The number of aliphatic hydroxyl groups excluding tert-OH is 1. The van der Waals surface area contributed by atoms with Gasteiger partial charge >= 0.3 is 0 Å². The first-order valence-corrected chi connectivity index (χ1v) is 12.1. The SMILES string of the molecule is CCN1C[C@]2(COC)CCC(OC)C34[C@@H]5CC6C(O)[C@@H]5[C@](O)(C[C@@H]6OC)[C@@H](C[C@@H]32)[C@@H]14. The van der Waals surface area contributed by atoms with Crippen LogP contribution in [0.4, 0.5) is 0 Å². The van der Waals surface area contributed by atoms with Crippen molar-refractivity contribution in [2.75, 3.05) is 41.0 Å². The number of methoxy groups -OCH3 is 3. The Kier molecular flexibility index (Phi) is 4.36. The Morgan fingerprint density at radius 3 is 2.57 bits per heavy atom. The number of likely N-dealkylation sites (tertiary alicyclic amines) is 1.